The van der Waals surface area contributed by atoms with Gasteiger partial charge < -0.3 is 5.11 Å². The molecule has 0 radical (unpaired) electrons. The summed E-state index contributed by atoms with van der Waals surface area (Å²) in [5.74, 6) is 0. The molecule has 0 atom stereocenters. The van der Waals surface area contributed by atoms with E-state index < -0.39 is 0 Å². The second-order valence-electron chi connectivity index (χ2n) is 5.00. The monoisotopic (exact) mass is 308 g/mol. The largest absolute Gasteiger partial charge is 0.396 e. The van der Waals surface area contributed by atoms with Crippen molar-refractivity contribution in [2.75, 3.05) is 6.61 Å². The Hall–Kier alpha value is -1.20. The average molecular weight is 309 g/mol. The predicted molar refractivity (Wildman–Crippen MR) is 72.5 cm³/mol. The summed E-state index contributed by atoms with van der Waals surface area (Å²) in [5, 5.41) is 9.93. The summed E-state index contributed by atoms with van der Waals surface area (Å²) in [6.07, 6.45) is 3.53. The Morgan fingerprint density at radius 2 is 2.22 bits per heavy atom. The molecule has 1 fully saturated rings. The van der Waals surface area contributed by atoms with Gasteiger partial charge in [0.15, 0.2) is 0 Å². The first-order valence-corrected chi connectivity index (χ1v) is 6.68. The minimum Gasteiger partial charge on any atom is -0.396 e. The van der Waals surface area contributed by atoms with Gasteiger partial charge in [-0.1, -0.05) is 15.9 Å². The number of aliphatic hydroxyl groups excluding tert-OH is 1. The van der Waals surface area contributed by atoms with Gasteiger partial charge in [-0.05, 0) is 31.0 Å². The van der Waals surface area contributed by atoms with Crippen LogP contribution >= 0.6 is 15.9 Å². The number of nitrogens with zero attached hydrogens (tertiary/aromatic N) is 2. The van der Waals surface area contributed by atoms with Gasteiger partial charge in [0.25, 0.3) is 5.56 Å². The molecule has 0 spiro atoms. The molecule has 5 heteroatoms. The van der Waals surface area contributed by atoms with Crippen molar-refractivity contribution in [2.24, 2.45) is 5.41 Å². The number of fused-ring (bicyclic) bond motifs is 1. The van der Waals surface area contributed by atoms with E-state index in [9.17, 15) is 9.90 Å². The van der Waals surface area contributed by atoms with Gasteiger partial charge in [-0.2, -0.15) is 0 Å². The van der Waals surface area contributed by atoms with Gasteiger partial charge in [0.05, 0.1) is 23.8 Å². The fourth-order valence-electron chi connectivity index (χ4n) is 2.15. The molecule has 4 nitrogen and oxygen atoms in total. The highest BCUT2D eigenvalue weighted by Crippen LogP contribution is 2.46. The van der Waals surface area contributed by atoms with E-state index in [1.807, 2.05) is 12.1 Å². The lowest BCUT2D eigenvalue weighted by Gasteiger charge is -2.13. The van der Waals surface area contributed by atoms with E-state index in [0.29, 0.717) is 17.4 Å². The van der Waals surface area contributed by atoms with Crippen LogP contribution in [0, 0.1) is 5.41 Å². The zero-order valence-electron chi connectivity index (χ0n) is 9.77. The Morgan fingerprint density at radius 3 is 2.89 bits per heavy atom. The van der Waals surface area contributed by atoms with Gasteiger partial charge in [0, 0.05) is 16.4 Å². The van der Waals surface area contributed by atoms with Crippen molar-refractivity contribution >= 4 is 26.8 Å². The van der Waals surface area contributed by atoms with Crippen molar-refractivity contribution in [3.8, 4) is 0 Å². The second-order valence-corrected chi connectivity index (χ2v) is 5.91. The highest BCUT2D eigenvalue weighted by atomic mass is 79.9. The first-order valence-electron chi connectivity index (χ1n) is 5.89. The molecule has 1 aromatic heterocycles. The van der Waals surface area contributed by atoms with Crippen molar-refractivity contribution in [1.82, 2.24) is 9.55 Å². The first kappa shape index (κ1) is 11.9. The van der Waals surface area contributed by atoms with E-state index in [4.69, 9.17) is 0 Å². The predicted octanol–water partition coefficient (Wildman–Crippen LogP) is 1.93. The molecule has 0 aliphatic heterocycles. The molecular weight excluding hydrogens is 296 g/mol. The van der Waals surface area contributed by atoms with Gasteiger partial charge >= 0.3 is 0 Å². The molecule has 1 aliphatic carbocycles. The van der Waals surface area contributed by atoms with Crippen LogP contribution in [0.4, 0.5) is 0 Å². The summed E-state index contributed by atoms with van der Waals surface area (Å²) in [7, 11) is 0. The van der Waals surface area contributed by atoms with Gasteiger partial charge in [0.2, 0.25) is 0 Å². The third-order valence-corrected chi connectivity index (χ3v) is 4.08. The van der Waals surface area contributed by atoms with Gasteiger partial charge in [-0.15, -0.1) is 0 Å². The third kappa shape index (κ3) is 1.97. The molecule has 1 aliphatic rings. The zero-order chi connectivity index (χ0) is 12.8. The van der Waals surface area contributed by atoms with Crippen molar-refractivity contribution < 1.29 is 5.11 Å². The van der Waals surface area contributed by atoms with Crippen LogP contribution in [-0.4, -0.2) is 21.3 Å². The van der Waals surface area contributed by atoms with Crippen molar-refractivity contribution in [1.29, 1.82) is 0 Å². The van der Waals surface area contributed by atoms with E-state index in [1.54, 1.807) is 17.0 Å². The number of aliphatic hydroxyl groups is 1. The molecule has 3 rings (SSSR count). The molecule has 1 N–H and O–H groups in total. The molecule has 18 heavy (non-hydrogen) atoms. The summed E-state index contributed by atoms with van der Waals surface area (Å²) in [5.41, 5.74) is 0.569. The molecule has 0 amide bonds. The summed E-state index contributed by atoms with van der Waals surface area (Å²) in [6, 6.07) is 5.49. The van der Waals surface area contributed by atoms with Crippen LogP contribution in [0.2, 0.25) is 0 Å². The topological polar surface area (TPSA) is 55.1 Å². The van der Waals surface area contributed by atoms with Crippen LogP contribution in [-0.2, 0) is 6.54 Å². The normalized spacial score (nSPS) is 17.0. The lowest BCUT2D eigenvalue weighted by Crippen LogP contribution is -2.26. The molecular formula is C13H13BrN2O2. The van der Waals surface area contributed by atoms with Crippen LogP contribution in [0.1, 0.15) is 12.8 Å². The molecule has 1 aromatic carbocycles. The number of hydrogen-bond donors (Lipinski definition) is 1. The van der Waals surface area contributed by atoms with E-state index in [-0.39, 0.29) is 17.6 Å². The molecule has 1 saturated carbocycles. The van der Waals surface area contributed by atoms with Crippen molar-refractivity contribution in [2.45, 2.75) is 19.4 Å². The second kappa shape index (κ2) is 4.17. The summed E-state index contributed by atoms with van der Waals surface area (Å²) < 4.78 is 2.48. The van der Waals surface area contributed by atoms with E-state index in [0.717, 1.165) is 17.3 Å². The minimum absolute atomic E-state index is 0.0407. The average Bonchev–Trinajstić information content (AvgIpc) is 3.14. The van der Waals surface area contributed by atoms with Crippen LogP contribution < -0.4 is 5.56 Å². The first-order chi connectivity index (χ1) is 8.63. The van der Waals surface area contributed by atoms with Crippen molar-refractivity contribution in [3.63, 3.8) is 0 Å². The summed E-state index contributed by atoms with van der Waals surface area (Å²) in [4.78, 5) is 16.6. The summed E-state index contributed by atoms with van der Waals surface area (Å²) in [6.45, 7) is 0.688. The zero-order valence-corrected chi connectivity index (χ0v) is 11.4. The molecule has 0 unspecified atom stereocenters. The lowest BCUT2D eigenvalue weighted by atomic mass is 10.1. The molecule has 1 heterocycles. The Morgan fingerprint density at radius 1 is 1.44 bits per heavy atom. The third-order valence-electron chi connectivity index (χ3n) is 3.58. The fourth-order valence-corrected chi connectivity index (χ4v) is 2.51. The van der Waals surface area contributed by atoms with Gasteiger partial charge in [0.1, 0.15) is 0 Å². The Balaban J connectivity index is 2.08. The number of rotatable bonds is 3. The smallest absolute Gasteiger partial charge is 0.261 e. The van der Waals surface area contributed by atoms with E-state index in [2.05, 4.69) is 20.9 Å². The van der Waals surface area contributed by atoms with Crippen molar-refractivity contribution in [3.05, 3.63) is 39.4 Å². The lowest BCUT2D eigenvalue weighted by molar-refractivity contribution is 0.193. The SMILES string of the molecule is O=c1c2cc(Br)ccc2ncn1CC1(CO)CC1. The molecule has 2 aromatic rings. The van der Waals surface area contributed by atoms with Crippen LogP contribution in [0.3, 0.4) is 0 Å². The van der Waals surface area contributed by atoms with Crippen LogP contribution in [0.5, 0.6) is 0 Å². The maximum atomic E-state index is 12.3. The Labute approximate surface area is 112 Å². The maximum absolute atomic E-state index is 12.3. The number of aromatic nitrogens is 2. The number of halogens is 1. The van der Waals surface area contributed by atoms with Crippen LogP contribution in [0.25, 0.3) is 10.9 Å². The number of benzene rings is 1. The van der Waals surface area contributed by atoms with E-state index >= 15 is 0 Å². The highest BCUT2D eigenvalue weighted by molar-refractivity contribution is 9.10. The van der Waals surface area contributed by atoms with Gasteiger partial charge in [-0.3, -0.25) is 9.36 Å². The summed E-state index contributed by atoms with van der Waals surface area (Å²) >= 11 is 3.36. The Bertz CT molecular complexity index is 662. The minimum atomic E-state index is -0.0921. The maximum Gasteiger partial charge on any atom is 0.261 e. The van der Waals surface area contributed by atoms with E-state index in [1.165, 1.54) is 0 Å². The number of hydrogen-bond acceptors (Lipinski definition) is 3. The quantitative estimate of drug-likeness (QED) is 0.942. The Kier molecular flexibility index (Phi) is 2.75. The fraction of sp³-hybridized carbons (Fsp3) is 0.385. The highest BCUT2D eigenvalue weighted by Gasteiger charge is 2.42. The molecule has 0 bridgehead atoms. The molecule has 94 valence electrons. The van der Waals surface area contributed by atoms with Gasteiger partial charge in [-0.25, -0.2) is 4.98 Å². The molecule has 0 saturated heterocycles. The standard InChI is InChI=1S/C13H13BrN2O2/c14-9-1-2-11-10(5-9)12(18)16(8-15-11)6-13(7-17)3-4-13/h1-2,5,8,17H,3-4,6-7H2. The van der Waals surface area contributed by atoms with Crippen LogP contribution in [0.15, 0.2) is 33.8 Å².